The molecule has 0 radical (unpaired) electrons. The van der Waals surface area contributed by atoms with Gasteiger partial charge in [-0.2, -0.15) is 0 Å². The average molecular weight is 208 g/mol. The maximum atomic E-state index is 8.56. The monoisotopic (exact) mass is 208 g/mol. The third kappa shape index (κ3) is 18.7. The summed E-state index contributed by atoms with van der Waals surface area (Å²) in [5.41, 5.74) is 1.17. The topological polar surface area (TPSA) is 57.5 Å². The number of carboxylic acid groups (broad SMARTS) is 2. The van der Waals surface area contributed by atoms with Crippen LogP contribution in [0.15, 0.2) is 49.6 Å². The third-order valence-electron chi connectivity index (χ3n) is 1.04. The minimum absolute atomic E-state index is 1.17. The summed E-state index contributed by atoms with van der Waals surface area (Å²) in [5.74, 6) is 0. The van der Waals surface area contributed by atoms with E-state index >= 15 is 0 Å². The fourth-order valence-electron chi connectivity index (χ4n) is 0.589. The first-order valence-corrected chi connectivity index (χ1v) is 4.24. The summed E-state index contributed by atoms with van der Waals surface area (Å²) in [7, 11) is 0. The van der Waals surface area contributed by atoms with Crippen LogP contribution in [0, 0.1) is 0 Å². The van der Waals surface area contributed by atoms with Crippen molar-refractivity contribution >= 4 is 12.2 Å². The summed E-state index contributed by atoms with van der Waals surface area (Å²) in [6.45, 7) is 8.88. The van der Waals surface area contributed by atoms with E-state index in [1.54, 1.807) is 6.08 Å². The fourth-order valence-corrected chi connectivity index (χ4v) is 0.589. The molecule has 3 nitrogen and oxygen atoms in total. The van der Waals surface area contributed by atoms with E-state index in [0.717, 1.165) is 0 Å². The Morgan fingerprint density at radius 2 is 1.53 bits per heavy atom. The predicted molar refractivity (Wildman–Crippen MR) is 63.1 cm³/mol. The van der Waals surface area contributed by atoms with Crippen LogP contribution in [0.25, 0.3) is 6.08 Å². The maximum absolute atomic E-state index is 8.56. The van der Waals surface area contributed by atoms with Crippen molar-refractivity contribution in [2.24, 2.45) is 0 Å². The minimum Gasteiger partial charge on any atom is -0.450 e. The van der Waals surface area contributed by atoms with Gasteiger partial charge in [-0.3, -0.25) is 0 Å². The molecule has 0 aliphatic carbocycles. The molecule has 1 aromatic rings. The summed E-state index contributed by atoms with van der Waals surface area (Å²) >= 11 is 0. The maximum Gasteiger partial charge on any atom is 0.503 e. The van der Waals surface area contributed by atoms with Gasteiger partial charge in [-0.25, -0.2) is 4.79 Å². The normalized spacial score (nSPS) is 7.00. The molecule has 0 saturated carbocycles. The highest BCUT2D eigenvalue weighted by atomic mass is 16.6. The molecule has 0 unspecified atom stereocenters. The standard InChI is InChI=1S/C8H8.C3H6.CH2O3/c1-2-8-6-4-3-5-7-8;1-3-2;2-1(3)4/h2-7H,1H2;3H,1H2,2H3;(H2,2,3,4). The number of allylic oxidation sites excluding steroid dienone is 1. The van der Waals surface area contributed by atoms with Gasteiger partial charge in [0.25, 0.3) is 0 Å². The number of hydrogen-bond donors (Lipinski definition) is 2. The lowest BCUT2D eigenvalue weighted by atomic mass is 10.2. The van der Waals surface area contributed by atoms with E-state index in [2.05, 4.69) is 13.2 Å². The number of benzene rings is 1. The zero-order valence-corrected chi connectivity index (χ0v) is 8.76. The van der Waals surface area contributed by atoms with Crippen LogP contribution in [0.3, 0.4) is 0 Å². The Balaban J connectivity index is 0. The van der Waals surface area contributed by atoms with Crippen molar-refractivity contribution < 1.29 is 15.0 Å². The minimum atomic E-state index is -1.83. The first-order valence-electron chi connectivity index (χ1n) is 4.24. The van der Waals surface area contributed by atoms with Crippen LogP contribution < -0.4 is 0 Å². The Morgan fingerprint density at radius 1 is 1.20 bits per heavy atom. The van der Waals surface area contributed by atoms with Crippen molar-refractivity contribution in [2.45, 2.75) is 6.92 Å². The second-order valence-electron chi connectivity index (χ2n) is 2.31. The van der Waals surface area contributed by atoms with Crippen LogP contribution in [0.5, 0.6) is 0 Å². The van der Waals surface area contributed by atoms with Crippen LogP contribution in [-0.2, 0) is 0 Å². The highest BCUT2D eigenvalue weighted by Crippen LogP contribution is 1.97. The van der Waals surface area contributed by atoms with Crippen molar-refractivity contribution in [3.05, 3.63) is 55.1 Å². The molecule has 3 heteroatoms. The molecule has 0 aliphatic rings. The van der Waals surface area contributed by atoms with E-state index in [-0.39, 0.29) is 0 Å². The van der Waals surface area contributed by atoms with Gasteiger partial charge in [0.1, 0.15) is 0 Å². The fraction of sp³-hybridized carbons (Fsp3) is 0.0833. The van der Waals surface area contributed by atoms with E-state index in [9.17, 15) is 0 Å². The highest BCUT2D eigenvalue weighted by Gasteiger charge is 1.75. The van der Waals surface area contributed by atoms with Crippen LogP contribution in [-0.4, -0.2) is 16.4 Å². The van der Waals surface area contributed by atoms with Crippen LogP contribution in [0.4, 0.5) is 4.79 Å². The lowest BCUT2D eigenvalue weighted by molar-refractivity contribution is 0.137. The molecule has 0 amide bonds. The molecule has 0 atom stereocenters. The summed E-state index contributed by atoms with van der Waals surface area (Å²) in [4.78, 5) is 8.56. The lowest BCUT2D eigenvalue weighted by Gasteiger charge is -1.85. The molecule has 0 bridgehead atoms. The van der Waals surface area contributed by atoms with Gasteiger partial charge in [0, 0.05) is 0 Å². The molecule has 0 saturated heterocycles. The number of carbonyl (C=O) groups is 1. The molecule has 0 heterocycles. The van der Waals surface area contributed by atoms with E-state index in [0.29, 0.717) is 0 Å². The lowest BCUT2D eigenvalue weighted by Crippen LogP contribution is -1.81. The van der Waals surface area contributed by atoms with E-state index in [1.807, 2.05) is 43.3 Å². The molecule has 0 spiro atoms. The molecule has 0 aliphatic heterocycles. The van der Waals surface area contributed by atoms with Gasteiger partial charge >= 0.3 is 6.16 Å². The predicted octanol–water partition coefficient (Wildman–Crippen LogP) is 3.74. The molecular weight excluding hydrogens is 192 g/mol. The Labute approximate surface area is 90.0 Å². The van der Waals surface area contributed by atoms with Crippen LogP contribution in [0.1, 0.15) is 12.5 Å². The first-order chi connectivity index (χ1) is 7.08. The largest absolute Gasteiger partial charge is 0.503 e. The second-order valence-corrected chi connectivity index (χ2v) is 2.31. The average Bonchev–Trinajstić information content (AvgIpc) is 2.19. The van der Waals surface area contributed by atoms with Crippen molar-refractivity contribution in [3.63, 3.8) is 0 Å². The summed E-state index contributed by atoms with van der Waals surface area (Å²) < 4.78 is 0. The molecule has 2 N–H and O–H groups in total. The van der Waals surface area contributed by atoms with Gasteiger partial charge in [0.15, 0.2) is 0 Å². The summed E-state index contributed by atoms with van der Waals surface area (Å²) in [6.07, 6.45) is 1.75. The molecule has 1 aromatic carbocycles. The summed E-state index contributed by atoms with van der Waals surface area (Å²) in [6, 6.07) is 10.0. The molecule has 0 aromatic heterocycles. The zero-order chi connectivity index (χ0) is 12.1. The Kier molecular flexibility index (Phi) is 12.3. The van der Waals surface area contributed by atoms with E-state index in [1.165, 1.54) is 5.56 Å². The highest BCUT2D eigenvalue weighted by molar-refractivity contribution is 5.53. The quantitative estimate of drug-likeness (QED) is 0.691. The van der Waals surface area contributed by atoms with Crippen molar-refractivity contribution in [1.82, 2.24) is 0 Å². The summed E-state index contributed by atoms with van der Waals surface area (Å²) in [5, 5.41) is 13.9. The van der Waals surface area contributed by atoms with Crippen molar-refractivity contribution in [3.8, 4) is 0 Å². The van der Waals surface area contributed by atoms with Crippen molar-refractivity contribution in [2.75, 3.05) is 0 Å². The van der Waals surface area contributed by atoms with E-state index < -0.39 is 6.16 Å². The van der Waals surface area contributed by atoms with E-state index in [4.69, 9.17) is 15.0 Å². The van der Waals surface area contributed by atoms with Gasteiger partial charge in [0.05, 0.1) is 0 Å². The molecule has 82 valence electrons. The van der Waals surface area contributed by atoms with Gasteiger partial charge in [0.2, 0.25) is 0 Å². The van der Waals surface area contributed by atoms with Gasteiger partial charge in [-0.05, 0) is 12.5 Å². The Morgan fingerprint density at radius 3 is 1.73 bits per heavy atom. The zero-order valence-electron chi connectivity index (χ0n) is 8.76. The number of hydrogen-bond acceptors (Lipinski definition) is 1. The molecule has 0 fully saturated rings. The number of rotatable bonds is 1. The SMILES string of the molecule is C=CC.C=Cc1ccccc1.O=C(O)O. The third-order valence-corrected chi connectivity index (χ3v) is 1.04. The van der Waals surface area contributed by atoms with Crippen molar-refractivity contribution in [1.29, 1.82) is 0 Å². The molecule has 15 heavy (non-hydrogen) atoms. The van der Waals surface area contributed by atoms with Gasteiger partial charge in [-0.15, -0.1) is 6.58 Å². The van der Waals surface area contributed by atoms with Gasteiger partial charge in [-0.1, -0.05) is 49.1 Å². The Bertz CT molecular complexity index is 274. The molecule has 1 rings (SSSR count). The van der Waals surface area contributed by atoms with Crippen LogP contribution in [0.2, 0.25) is 0 Å². The second kappa shape index (κ2) is 12.0. The first kappa shape index (κ1) is 15.4. The van der Waals surface area contributed by atoms with Gasteiger partial charge < -0.3 is 10.2 Å². The smallest absolute Gasteiger partial charge is 0.450 e. The Hall–Kier alpha value is -2.03. The van der Waals surface area contributed by atoms with Crippen LogP contribution >= 0.6 is 0 Å². The molecular formula is C12H16O3.